The van der Waals surface area contributed by atoms with Gasteiger partial charge in [0, 0.05) is 53.8 Å². The molecule has 266 valence electrons. The van der Waals surface area contributed by atoms with E-state index in [1.807, 2.05) is 0 Å². The fraction of sp³-hybridized carbons (Fsp3) is 0.471. The summed E-state index contributed by atoms with van der Waals surface area (Å²) in [6.07, 6.45) is -0.981. The van der Waals surface area contributed by atoms with Gasteiger partial charge in [-0.25, -0.2) is 33.5 Å². The van der Waals surface area contributed by atoms with Crippen LogP contribution in [0.5, 0.6) is 5.88 Å². The molecule has 0 bridgehead atoms. The molecule has 3 aromatic rings. The highest BCUT2D eigenvalue weighted by molar-refractivity contribution is 6.05. The van der Waals surface area contributed by atoms with Gasteiger partial charge in [-0.1, -0.05) is 0 Å². The fourth-order valence-electron chi connectivity index (χ4n) is 6.24. The van der Waals surface area contributed by atoms with Crippen molar-refractivity contribution in [3.8, 4) is 17.0 Å². The molecule has 1 aliphatic carbocycles. The van der Waals surface area contributed by atoms with E-state index in [0.29, 0.717) is 24.0 Å². The number of benzene rings is 1. The van der Waals surface area contributed by atoms with E-state index in [1.165, 1.54) is 24.5 Å². The van der Waals surface area contributed by atoms with Crippen molar-refractivity contribution in [1.82, 2.24) is 14.9 Å². The second-order valence-corrected chi connectivity index (χ2v) is 14.5. The third-order valence-corrected chi connectivity index (χ3v) is 8.44. The molecule has 16 heteroatoms. The third-order valence-electron chi connectivity index (χ3n) is 8.44. The van der Waals surface area contributed by atoms with Gasteiger partial charge < -0.3 is 29.0 Å². The number of rotatable bonds is 4. The molecule has 6 rings (SSSR count). The second-order valence-electron chi connectivity index (χ2n) is 14.5. The first-order chi connectivity index (χ1) is 23.4. The Morgan fingerprint density at radius 3 is 2.26 bits per heavy atom. The van der Waals surface area contributed by atoms with E-state index in [2.05, 4.69) is 20.6 Å². The monoisotopic (exact) mass is 694 g/mol. The molecule has 1 aromatic carbocycles. The molecule has 0 spiro atoms. The summed E-state index contributed by atoms with van der Waals surface area (Å²) in [6.45, 7) is 13.0. The van der Waals surface area contributed by atoms with Gasteiger partial charge in [-0.05, 0) is 71.5 Å². The maximum atomic E-state index is 16.5. The molecule has 1 saturated heterocycles. The van der Waals surface area contributed by atoms with E-state index in [1.54, 1.807) is 53.4 Å². The number of likely N-dealkylation sites (tertiary alicyclic amines) is 1. The first kappa shape index (κ1) is 34.5. The number of carbonyl (C=O) groups is 4. The van der Waals surface area contributed by atoms with Crippen LogP contribution in [0, 0.1) is 24.6 Å². The molecule has 0 radical (unpaired) electrons. The maximum absolute atomic E-state index is 16.5. The predicted molar refractivity (Wildman–Crippen MR) is 179 cm³/mol. The molecule has 4 amide bonds. The van der Waals surface area contributed by atoms with Crippen LogP contribution in [0.25, 0.3) is 21.9 Å². The lowest BCUT2D eigenvalue weighted by Gasteiger charge is -2.29. The SMILES string of the molecule is Cc1c(-c2cc3cc(NC(=O)O[C@@H]4[C@@H]5CN(C(=O)OC(C)(C)C)C[C@@H]54)ncc3c(NC(=O)OC(C)(C)C)c2F)cnc2c1N(C(=O)O)CCO2. The van der Waals surface area contributed by atoms with Crippen molar-refractivity contribution in [2.45, 2.75) is 65.8 Å². The lowest BCUT2D eigenvalue weighted by Crippen LogP contribution is -2.38. The average molecular weight is 695 g/mol. The minimum atomic E-state index is -1.22. The van der Waals surface area contributed by atoms with Crippen molar-refractivity contribution >= 4 is 52.3 Å². The molecule has 3 N–H and O–H groups in total. The Kier molecular flexibility index (Phi) is 8.60. The van der Waals surface area contributed by atoms with Gasteiger partial charge in [0.05, 0.1) is 12.2 Å². The molecule has 2 aromatic heterocycles. The van der Waals surface area contributed by atoms with Gasteiger partial charge in [0.15, 0.2) is 5.82 Å². The van der Waals surface area contributed by atoms with Crippen LogP contribution in [0.1, 0.15) is 47.1 Å². The molecule has 2 aliphatic heterocycles. The van der Waals surface area contributed by atoms with E-state index in [9.17, 15) is 24.3 Å². The predicted octanol–water partition coefficient (Wildman–Crippen LogP) is 6.38. The lowest BCUT2D eigenvalue weighted by atomic mass is 9.96. The third kappa shape index (κ3) is 7.00. The summed E-state index contributed by atoms with van der Waals surface area (Å²) in [4.78, 5) is 61.4. The van der Waals surface area contributed by atoms with Crippen molar-refractivity contribution in [1.29, 1.82) is 0 Å². The maximum Gasteiger partial charge on any atom is 0.413 e. The summed E-state index contributed by atoms with van der Waals surface area (Å²) >= 11 is 0. The molecular formula is C34H39FN6O9. The molecule has 15 nitrogen and oxygen atoms in total. The minimum absolute atomic E-state index is 0.000712. The summed E-state index contributed by atoms with van der Waals surface area (Å²) in [7, 11) is 0. The van der Waals surface area contributed by atoms with Gasteiger partial charge in [-0.15, -0.1) is 0 Å². The van der Waals surface area contributed by atoms with Crippen molar-refractivity contribution in [3.05, 3.63) is 35.9 Å². The summed E-state index contributed by atoms with van der Waals surface area (Å²) < 4.78 is 38.5. The summed E-state index contributed by atoms with van der Waals surface area (Å²) in [5.41, 5.74) is -0.922. The Bertz CT molecular complexity index is 1890. The van der Waals surface area contributed by atoms with Crippen LogP contribution in [0.2, 0.25) is 0 Å². The van der Waals surface area contributed by atoms with Gasteiger partial charge in [-0.2, -0.15) is 0 Å². The topological polar surface area (TPSA) is 182 Å². The van der Waals surface area contributed by atoms with Crippen LogP contribution < -0.4 is 20.3 Å². The first-order valence-corrected chi connectivity index (χ1v) is 16.1. The number of hydrogen-bond acceptors (Lipinski definition) is 10. The Labute approximate surface area is 287 Å². The summed E-state index contributed by atoms with van der Waals surface area (Å²) in [6, 6.07) is 2.98. The summed E-state index contributed by atoms with van der Waals surface area (Å²) in [5, 5.41) is 15.5. The Morgan fingerprint density at radius 1 is 0.940 bits per heavy atom. The second kappa shape index (κ2) is 12.5. The number of nitrogens with zero attached hydrogens (tertiary/aromatic N) is 4. The van der Waals surface area contributed by atoms with Crippen LogP contribution in [0.15, 0.2) is 24.5 Å². The van der Waals surface area contributed by atoms with E-state index in [4.69, 9.17) is 18.9 Å². The Hall–Kier alpha value is -5.41. The van der Waals surface area contributed by atoms with Gasteiger partial charge >= 0.3 is 24.4 Å². The number of pyridine rings is 2. The number of fused-ring (bicyclic) bond motifs is 3. The van der Waals surface area contributed by atoms with Gasteiger partial charge in [0.25, 0.3) is 0 Å². The minimum Gasteiger partial charge on any atom is -0.474 e. The van der Waals surface area contributed by atoms with Crippen molar-refractivity contribution in [3.63, 3.8) is 0 Å². The van der Waals surface area contributed by atoms with E-state index < -0.39 is 41.4 Å². The Balaban J connectivity index is 1.28. The van der Waals surface area contributed by atoms with Crippen LogP contribution >= 0.6 is 0 Å². The number of aromatic nitrogens is 2. The molecule has 2 fully saturated rings. The number of halogens is 1. The summed E-state index contributed by atoms with van der Waals surface area (Å²) in [5.74, 6) is -0.647. The smallest absolute Gasteiger partial charge is 0.413 e. The van der Waals surface area contributed by atoms with Crippen molar-refractivity contribution < 1.29 is 47.6 Å². The molecule has 50 heavy (non-hydrogen) atoms. The first-order valence-electron chi connectivity index (χ1n) is 16.1. The van der Waals surface area contributed by atoms with E-state index >= 15 is 4.39 Å². The van der Waals surface area contributed by atoms with E-state index in [0.717, 1.165) is 4.90 Å². The highest BCUT2D eigenvalue weighted by atomic mass is 19.1. The molecule has 4 heterocycles. The van der Waals surface area contributed by atoms with Gasteiger partial charge in [0.1, 0.15) is 35.4 Å². The Morgan fingerprint density at radius 2 is 1.62 bits per heavy atom. The lowest BCUT2D eigenvalue weighted by molar-refractivity contribution is 0.0244. The van der Waals surface area contributed by atoms with E-state index in [-0.39, 0.29) is 70.7 Å². The average Bonchev–Trinajstić information content (AvgIpc) is 3.41. The number of carbonyl (C=O) groups excluding carboxylic acids is 3. The zero-order valence-corrected chi connectivity index (χ0v) is 28.7. The highest BCUT2D eigenvalue weighted by Gasteiger charge is 2.60. The van der Waals surface area contributed by atoms with Crippen LogP contribution in [0.4, 0.5) is 40.8 Å². The molecule has 0 unspecified atom stereocenters. The standard InChI is InChI=1S/C34H39FN6O9/c1-16-19(12-37-28-26(16)41(31(44)45)8-9-47-28)18-10-17-11-23(36-13-20(17)25(24(18)35)39-30(43)49-33(2,3)4)38-29(42)48-27-21-14-40(15-22(21)27)32(46)50-34(5,6)7/h10-13,21-22,27H,8-9,14-15H2,1-7H3,(H,39,43)(H,44,45)(H,36,38,42)/t21-,22+,27-. The number of anilines is 3. The molecule has 3 aliphatic rings. The van der Waals surface area contributed by atoms with Crippen molar-refractivity contribution in [2.75, 3.05) is 41.8 Å². The number of ether oxygens (including phenoxy) is 4. The molecule has 1 saturated carbocycles. The van der Waals surface area contributed by atoms with Crippen LogP contribution in [0.3, 0.4) is 0 Å². The number of piperidine rings is 1. The largest absolute Gasteiger partial charge is 0.474 e. The number of carboxylic acid groups (broad SMARTS) is 1. The normalized spacial score (nSPS) is 19.6. The number of nitrogens with one attached hydrogen (secondary N) is 2. The highest BCUT2D eigenvalue weighted by Crippen LogP contribution is 2.48. The number of amides is 4. The zero-order chi connectivity index (χ0) is 36.3. The van der Waals surface area contributed by atoms with Crippen LogP contribution in [-0.4, -0.2) is 87.9 Å². The quantitative estimate of drug-likeness (QED) is 0.258. The van der Waals surface area contributed by atoms with Crippen molar-refractivity contribution in [2.24, 2.45) is 11.8 Å². The molecule has 3 atom stereocenters. The van der Waals surface area contributed by atoms with Gasteiger partial charge in [-0.3, -0.25) is 15.5 Å². The zero-order valence-electron chi connectivity index (χ0n) is 28.7. The van der Waals surface area contributed by atoms with Crippen LogP contribution in [-0.2, 0) is 14.2 Å². The van der Waals surface area contributed by atoms with Gasteiger partial charge in [0.2, 0.25) is 5.88 Å². The fourth-order valence-corrected chi connectivity index (χ4v) is 6.24. The molecular weight excluding hydrogens is 655 g/mol. The number of hydrogen-bond donors (Lipinski definition) is 3.